The van der Waals surface area contributed by atoms with E-state index in [0.29, 0.717) is 16.8 Å². The van der Waals surface area contributed by atoms with Crippen molar-refractivity contribution < 1.29 is 9.21 Å². The van der Waals surface area contributed by atoms with E-state index < -0.39 is 0 Å². The van der Waals surface area contributed by atoms with E-state index in [1.165, 1.54) is 6.39 Å². The fraction of sp³-hybridized carbons (Fsp3) is 0. The van der Waals surface area contributed by atoms with Gasteiger partial charge in [0.15, 0.2) is 12.0 Å². The van der Waals surface area contributed by atoms with Crippen molar-refractivity contribution in [3.63, 3.8) is 0 Å². The Morgan fingerprint density at radius 1 is 1.17 bits per heavy atom. The lowest BCUT2D eigenvalue weighted by atomic mass is 10.2. The van der Waals surface area contributed by atoms with Gasteiger partial charge in [0, 0.05) is 29.7 Å². The van der Waals surface area contributed by atoms with Gasteiger partial charge in [-0.1, -0.05) is 0 Å². The molecule has 1 N–H and O–H groups in total. The smallest absolute Gasteiger partial charge is 0.255 e. The van der Waals surface area contributed by atoms with Crippen LogP contribution in [0.15, 0.2) is 53.5 Å². The molecule has 0 bridgehead atoms. The largest absolute Gasteiger partial charge is 0.443 e. The molecule has 0 radical (unpaired) electrons. The van der Waals surface area contributed by atoms with E-state index in [-0.39, 0.29) is 5.91 Å². The van der Waals surface area contributed by atoms with Crippen molar-refractivity contribution in [2.45, 2.75) is 0 Å². The van der Waals surface area contributed by atoms with Gasteiger partial charge in [0.1, 0.15) is 5.52 Å². The van der Waals surface area contributed by atoms with Crippen molar-refractivity contribution in [3.05, 3.63) is 54.7 Å². The fourth-order valence-electron chi connectivity index (χ4n) is 1.64. The minimum atomic E-state index is -0.184. The molecule has 88 valence electrons. The van der Waals surface area contributed by atoms with Gasteiger partial charge in [0.25, 0.3) is 5.91 Å². The summed E-state index contributed by atoms with van der Waals surface area (Å²) < 4.78 is 5.17. The molecule has 0 spiro atoms. The Morgan fingerprint density at radius 3 is 2.83 bits per heavy atom. The summed E-state index contributed by atoms with van der Waals surface area (Å²) in [6, 6.07) is 8.62. The van der Waals surface area contributed by atoms with Gasteiger partial charge >= 0.3 is 0 Å². The lowest BCUT2D eigenvalue weighted by Gasteiger charge is -2.04. The van der Waals surface area contributed by atoms with Crippen LogP contribution in [-0.4, -0.2) is 15.9 Å². The van der Waals surface area contributed by atoms with Crippen molar-refractivity contribution in [1.82, 2.24) is 9.97 Å². The van der Waals surface area contributed by atoms with Crippen LogP contribution >= 0.6 is 0 Å². The third kappa shape index (κ3) is 1.93. The van der Waals surface area contributed by atoms with Crippen LogP contribution in [0.2, 0.25) is 0 Å². The number of hydrogen-bond acceptors (Lipinski definition) is 4. The Balaban J connectivity index is 1.86. The van der Waals surface area contributed by atoms with Gasteiger partial charge in [-0.15, -0.1) is 0 Å². The number of oxazole rings is 1. The van der Waals surface area contributed by atoms with Crippen molar-refractivity contribution >= 4 is 22.7 Å². The monoisotopic (exact) mass is 239 g/mol. The molecule has 0 saturated heterocycles. The SMILES string of the molecule is O=C(Nc1ccc2ncoc2c1)c1ccncc1. The Hall–Kier alpha value is -2.69. The predicted octanol–water partition coefficient (Wildman–Crippen LogP) is 2.48. The number of amides is 1. The number of hydrogen-bond donors (Lipinski definition) is 1. The minimum absolute atomic E-state index is 0.184. The third-order valence-corrected chi connectivity index (χ3v) is 2.53. The van der Waals surface area contributed by atoms with E-state index in [4.69, 9.17) is 4.42 Å². The van der Waals surface area contributed by atoms with Gasteiger partial charge < -0.3 is 9.73 Å². The maximum atomic E-state index is 11.9. The van der Waals surface area contributed by atoms with E-state index in [1.807, 2.05) is 0 Å². The molecular formula is C13H9N3O2. The van der Waals surface area contributed by atoms with E-state index in [1.54, 1.807) is 42.7 Å². The third-order valence-electron chi connectivity index (χ3n) is 2.53. The number of aromatic nitrogens is 2. The van der Waals surface area contributed by atoms with Crippen LogP contribution in [0.5, 0.6) is 0 Å². The van der Waals surface area contributed by atoms with Gasteiger partial charge in [-0.25, -0.2) is 4.98 Å². The standard InChI is InChI=1S/C13H9N3O2/c17-13(9-3-5-14-6-4-9)16-10-1-2-11-12(7-10)18-8-15-11/h1-8H,(H,16,17). The highest BCUT2D eigenvalue weighted by Gasteiger charge is 2.06. The maximum Gasteiger partial charge on any atom is 0.255 e. The molecule has 0 aliphatic carbocycles. The predicted molar refractivity (Wildman–Crippen MR) is 66.2 cm³/mol. The van der Waals surface area contributed by atoms with Crippen molar-refractivity contribution in [2.75, 3.05) is 5.32 Å². The molecule has 3 aromatic rings. The minimum Gasteiger partial charge on any atom is -0.443 e. The van der Waals surface area contributed by atoms with Crippen LogP contribution in [0.4, 0.5) is 5.69 Å². The number of pyridine rings is 1. The van der Waals surface area contributed by atoms with Gasteiger partial charge in [-0.3, -0.25) is 9.78 Å². The molecule has 3 rings (SSSR count). The zero-order valence-electron chi connectivity index (χ0n) is 9.33. The second kappa shape index (κ2) is 4.29. The summed E-state index contributed by atoms with van der Waals surface area (Å²) in [5.74, 6) is -0.184. The van der Waals surface area contributed by atoms with Crippen molar-refractivity contribution in [3.8, 4) is 0 Å². The molecule has 2 heterocycles. The van der Waals surface area contributed by atoms with Crippen LogP contribution in [0, 0.1) is 0 Å². The van der Waals surface area contributed by atoms with Gasteiger partial charge in [0.05, 0.1) is 0 Å². The molecule has 2 aromatic heterocycles. The average Bonchev–Trinajstić information content (AvgIpc) is 2.87. The molecule has 0 aliphatic rings. The Kier molecular flexibility index (Phi) is 2.49. The summed E-state index contributed by atoms with van der Waals surface area (Å²) in [6.07, 6.45) is 4.53. The lowest BCUT2D eigenvalue weighted by molar-refractivity contribution is 0.102. The molecule has 5 heteroatoms. The molecule has 1 amide bonds. The second-order valence-electron chi connectivity index (χ2n) is 3.72. The molecular weight excluding hydrogens is 230 g/mol. The Labute approximate surface area is 102 Å². The molecule has 0 fully saturated rings. The van der Waals surface area contributed by atoms with Crippen molar-refractivity contribution in [2.24, 2.45) is 0 Å². The number of benzene rings is 1. The van der Waals surface area contributed by atoms with Crippen LogP contribution in [0.1, 0.15) is 10.4 Å². The summed E-state index contributed by atoms with van der Waals surface area (Å²) in [7, 11) is 0. The van der Waals surface area contributed by atoms with Crippen LogP contribution in [0.3, 0.4) is 0 Å². The second-order valence-corrected chi connectivity index (χ2v) is 3.72. The van der Waals surface area contributed by atoms with Gasteiger partial charge in [0.2, 0.25) is 0 Å². The summed E-state index contributed by atoms with van der Waals surface area (Å²) in [6.45, 7) is 0. The number of nitrogens with one attached hydrogen (secondary N) is 1. The molecule has 5 nitrogen and oxygen atoms in total. The number of nitrogens with zero attached hydrogens (tertiary/aromatic N) is 2. The van der Waals surface area contributed by atoms with Crippen molar-refractivity contribution in [1.29, 1.82) is 0 Å². The summed E-state index contributed by atoms with van der Waals surface area (Å²) >= 11 is 0. The topological polar surface area (TPSA) is 68.0 Å². The first-order chi connectivity index (χ1) is 8.83. The first kappa shape index (κ1) is 10.5. The lowest BCUT2D eigenvalue weighted by Crippen LogP contribution is -2.11. The molecule has 0 atom stereocenters. The average molecular weight is 239 g/mol. The fourth-order valence-corrected chi connectivity index (χ4v) is 1.64. The molecule has 0 aliphatic heterocycles. The maximum absolute atomic E-state index is 11.9. The number of carbonyl (C=O) groups is 1. The van der Waals surface area contributed by atoms with E-state index in [0.717, 1.165) is 5.52 Å². The molecule has 0 unspecified atom stereocenters. The summed E-state index contributed by atoms with van der Waals surface area (Å²) in [5.41, 5.74) is 2.63. The highest BCUT2D eigenvalue weighted by Crippen LogP contribution is 2.18. The first-order valence-electron chi connectivity index (χ1n) is 5.37. The zero-order valence-corrected chi connectivity index (χ0v) is 9.33. The molecule has 0 saturated carbocycles. The van der Waals surface area contributed by atoms with E-state index >= 15 is 0 Å². The number of rotatable bonds is 2. The van der Waals surface area contributed by atoms with Crippen LogP contribution in [0.25, 0.3) is 11.1 Å². The molecule has 1 aromatic carbocycles. The quantitative estimate of drug-likeness (QED) is 0.745. The zero-order chi connectivity index (χ0) is 12.4. The van der Waals surface area contributed by atoms with E-state index in [9.17, 15) is 4.79 Å². The van der Waals surface area contributed by atoms with Crippen LogP contribution < -0.4 is 5.32 Å². The number of anilines is 1. The summed E-state index contributed by atoms with van der Waals surface area (Å²) in [4.78, 5) is 19.8. The Morgan fingerprint density at radius 2 is 2.00 bits per heavy atom. The number of fused-ring (bicyclic) bond motifs is 1. The summed E-state index contributed by atoms with van der Waals surface area (Å²) in [5, 5.41) is 2.79. The first-order valence-corrected chi connectivity index (χ1v) is 5.37. The normalized spacial score (nSPS) is 10.4. The highest BCUT2D eigenvalue weighted by molar-refractivity contribution is 6.04. The Bertz CT molecular complexity index is 692. The molecule has 18 heavy (non-hydrogen) atoms. The number of carbonyl (C=O) groups excluding carboxylic acids is 1. The van der Waals surface area contributed by atoms with Crippen LogP contribution in [-0.2, 0) is 0 Å². The highest BCUT2D eigenvalue weighted by atomic mass is 16.3. The van der Waals surface area contributed by atoms with E-state index in [2.05, 4.69) is 15.3 Å². The van der Waals surface area contributed by atoms with Gasteiger partial charge in [-0.2, -0.15) is 0 Å². The van der Waals surface area contributed by atoms with Gasteiger partial charge in [-0.05, 0) is 24.3 Å².